The Labute approximate surface area is 177 Å². The van der Waals surface area contributed by atoms with Crippen molar-refractivity contribution in [2.45, 2.75) is 38.4 Å². The van der Waals surface area contributed by atoms with E-state index in [1.165, 1.54) is 0 Å². The van der Waals surface area contributed by atoms with Crippen molar-refractivity contribution in [3.8, 4) is 11.8 Å². The van der Waals surface area contributed by atoms with Gasteiger partial charge < -0.3 is 20.2 Å². The molecule has 30 heavy (non-hydrogen) atoms. The lowest BCUT2D eigenvalue weighted by molar-refractivity contribution is 0.159. The standard InChI is InChI=1S/C24H28N4O2/c1-16(2)26-24(30)28-12-10-19-22(15-29)27(3)21-9-8-17(13-20(21)23(19)28)6-7-18-5-4-11-25-14-18/h4-5,8-9,11,13-14,16,19,22-23,29H,10,12,15H2,1-3H3,(H,26,30)/t19-,22+,23-/m1/s1. The van der Waals surface area contributed by atoms with E-state index in [9.17, 15) is 9.90 Å². The summed E-state index contributed by atoms with van der Waals surface area (Å²) in [6, 6.07) is 9.92. The number of likely N-dealkylation sites (tertiary alicyclic amines) is 1. The zero-order chi connectivity index (χ0) is 21.3. The number of hydrogen-bond donors (Lipinski definition) is 2. The highest BCUT2D eigenvalue weighted by atomic mass is 16.3. The molecule has 0 radical (unpaired) electrons. The number of fused-ring (bicyclic) bond motifs is 3. The molecule has 156 valence electrons. The van der Waals surface area contributed by atoms with Crippen LogP contribution in [0.25, 0.3) is 0 Å². The number of carbonyl (C=O) groups is 1. The van der Waals surface area contributed by atoms with Crippen LogP contribution in [0.2, 0.25) is 0 Å². The molecule has 1 fully saturated rings. The molecule has 2 aliphatic rings. The summed E-state index contributed by atoms with van der Waals surface area (Å²) < 4.78 is 0. The number of pyridine rings is 1. The van der Waals surface area contributed by atoms with Crippen molar-refractivity contribution < 1.29 is 9.90 Å². The van der Waals surface area contributed by atoms with Crippen molar-refractivity contribution in [2.75, 3.05) is 25.1 Å². The number of aromatic nitrogens is 1. The first-order chi connectivity index (χ1) is 14.5. The number of anilines is 1. The van der Waals surface area contributed by atoms with Gasteiger partial charge in [0.25, 0.3) is 0 Å². The molecule has 2 aromatic rings. The first-order valence-corrected chi connectivity index (χ1v) is 10.5. The van der Waals surface area contributed by atoms with Gasteiger partial charge in [0.1, 0.15) is 0 Å². The number of rotatable bonds is 2. The third-order valence-corrected chi connectivity index (χ3v) is 6.04. The van der Waals surface area contributed by atoms with E-state index in [-0.39, 0.29) is 36.7 Å². The summed E-state index contributed by atoms with van der Waals surface area (Å²) >= 11 is 0. The summed E-state index contributed by atoms with van der Waals surface area (Å²) in [5.74, 6) is 6.58. The fourth-order valence-electron chi connectivity index (χ4n) is 4.67. The molecule has 0 saturated carbocycles. The smallest absolute Gasteiger partial charge is 0.318 e. The van der Waals surface area contributed by atoms with Crippen molar-refractivity contribution in [1.82, 2.24) is 15.2 Å². The molecule has 0 unspecified atom stereocenters. The van der Waals surface area contributed by atoms with Crippen molar-refractivity contribution >= 4 is 11.7 Å². The molecule has 2 aliphatic heterocycles. The number of nitrogens with zero attached hydrogens (tertiary/aromatic N) is 3. The Kier molecular flexibility index (Phi) is 5.65. The predicted octanol–water partition coefficient (Wildman–Crippen LogP) is 2.77. The minimum Gasteiger partial charge on any atom is -0.394 e. The number of likely N-dealkylation sites (N-methyl/N-ethyl adjacent to an activating group) is 1. The second kappa shape index (κ2) is 8.37. The van der Waals surface area contributed by atoms with Crippen molar-refractivity contribution in [3.05, 3.63) is 59.4 Å². The van der Waals surface area contributed by atoms with Crippen LogP contribution in [0.3, 0.4) is 0 Å². The number of hydrogen-bond acceptors (Lipinski definition) is 4. The second-order valence-electron chi connectivity index (χ2n) is 8.32. The van der Waals surface area contributed by atoms with E-state index >= 15 is 0 Å². The predicted molar refractivity (Wildman–Crippen MR) is 117 cm³/mol. The molecule has 4 rings (SSSR count). The highest BCUT2D eigenvalue weighted by Crippen LogP contribution is 2.48. The van der Waals surface area contributed by atoms with Crippen LogP contribution < -0.4 is 10.2 Å². The second-order valence-corrected chi connectivity index (χ2v) is 8.32. The molecule has 6 nitrogen and oxygen atoms in total. The molecule has 0 aliphatic carbocycles. The van der Waals surface area contributed by atoms with E-state index in [2.05, 4.69) is 39.2 Å². The summed E-state index contributed by atoms with van der Waals surface area (Å²) in [5, 5.41) is 13.1. The molecule has 0 spiro atoms. The molecule has 1 aromatic heterocycles. The molecule has 2 N–H and O–H groups in total. The largest absolute Gasteiger partial charge is 0.394 e. The van der Waals surface area contributed by atoms with Gasteiger partial charge in [0.2, 0.25) is 0 Å². The number of urea groups is 1. The van der Waals surface area contributed by atoms with Crippen LogP contribution in [0, 0.1) is 17.8 Å². The Morgan fingerprint density at radius 3 is 2.80 bits per heavy atom. The summed E-state index contributed by atoms with van der Waals surface area (Å²) in [7, 11) is 2.02. The number of aliphatic hydroxyl groups is 1. The quantitative estimate of drug-likeness (QED) is 0.756. The SMILES string of the molecule is CC(C)NC(=O)N1CC[C@H]2[C@@H]1c1cc(C#Cc3cccnc3)ccc1N(C)[C@H]2CO. The summed E-state index contributed by atoms with van der Waals surface area (Å²) in [6.45, 7) is 4.69. The minimum atomic E-state index is -0.0627. The lowest BCUT2D eigenvalue weighted by Crippen LogP contribution is -2.50. The van der Waals surface area contributed by atoms with E-state index < -0.39 is 0 Å². The highest BCUT2D eigenvalue weighted by molar-refractivity contribution is 5.76. The fraction of sp³-hybridized carbons (Fsp3) is 0.417. The highest BCUT2D eigenvalue weighted by Gasteiger charge is 2.47. The molecule has 0 bridgehead atoms. The van der Waals surface area contributed by atoms with Gasteiger partial charge >= 0.3 is 6.03 Å². The maximum atomic E-state index is 12.9. The van der Waals surface area contributed by atoms with Gasteiger partial charge in [-0.25, -0.2) is 4.79 Å². The van der Waals surface area contributed by atoms with Gasteiger partial charge in [-0.2, -0.15) is 0 Å². The number of carbonyl (C=O) groups excluding carboxylic acids is 1. The topological polar surface area (TPSA) is 68.7 Å². The third-order valence-electron chi connectivity index (χ3n) is 6.04. The molecule has 6 heteroatoms. The summed E-state index contributed by atoms with van der Waals surface area (Å²) in [4.78, 5) is 21.1. The molecule has 1 aromatic carbocycles. The summed E-state index contributed by atoms with van der Waals surface area (Å²) in [6.07, 6.45) is 4.35. The zero-order valence-electron chi connectivity index (χ0n) is 17.7. The number of benzene rings is 1. The van der Waals surface area contributed by atoms with E-state index in [4.69, 9.17) is 0 Å². The molecular weight excluding hydrogens is 376 g/mol. The Hall–Kier alpha value is -3.04. The average Bonchev–Trinajstić information content (AvgIpc) is 3.18. The monoisotopic (exact) mass is 404 g/mol. The maximum Gasteiger partial charge on any atom is 0.318 e. The minimum absolute atomic E-state index is 0.00771. The zero-order valence-corrected chi connectivity index (χ0v) is 17.7. The van der Waals surface area contributed by atoms with Crippen molar-refractivity contribution in [1.29, 1.82) is 0 Å². The van der Waals surface area contributed by atoms with Crippen LogP contribution in [0.15, 0.2) is 42.7 Å². The number of amides is 2. The van der Waals surface area contributed by atoms with Gasteiger partial charge in [0.15, 0.2) is 0 Å². The van der Waals surface area contributed by atoms with Crippen LogP contribution in [-0.4, -0.2) is 53.3 Å². The van der Waals surface area contributed by atoms with Gasteiger partial charge in [-0.1, -0.05) is 11.8 Å². The Balaban J connectivity index is 1.73. The Morgan fingerprint density at radius 1 is 1.30 bits per heavy atom. The molecule has 1 saturated heterocycles. The molecular formula is C24H28N4O2. The van der Waals surface area contributed by atoms with Gasteiger partial charge in [0.05, 0.1) is 18.7 Å². The van der Waals surface area contributed by atoms with Crippen LogP contribution in [0.4, 0.5) is 10.5 Å². The van der Waals surface area contributed by atoms with E-state index in [0.717, 1.165) is 28.8 Å². The lowest BCUT2D eigenvalue weighted by Gasteiger charge is -2.44. The number of aliphatic hydroxyl groups excluding tert-OH is 1. The normalized spacial score (nSPS) is 22.2. The first-order valence-electron chi connectivity index (χ1n) is 10.5. The van der Waals surface area contributed by atoms with Crippen LogP contribution in [0.1, 0.15) is 43.0 Å². The molecule has 3 atom stereocenters. The van der Waals surface area contributed by atoms with Crippen LogP contribution >= 0.6 is 0 Å². The van der Waals surface area contributed by atoms with Gasteiger partial charge in [-0.3, -0.25) is 4.98 Å². The van der Waals surface area contributed by atoms with E-state index in [0.29, 0.717) is 6.54 Å². The average molecular weight is 405 g/mol. The van der Waals surface area contributed by atoms with Gasteiger partial charge in [-0.05, 0) is 56.2 Å². The first kappa shape index (κ1) is 20.2. The Bertz CT molecular complexity index is 980. The lowest BCUT2D eigenvalue weighted by atomic mass is 9.81. The van der Waals surface area contributed by atoms with Crippen LogP contribution in [0.5, 0.6) is 0 Å². The number of nitrogens with one attached hydrogen (secondary N) is 1. The van der Waals surface area contributed by atoms with Crippen molar-refractivity contribution in [2.24, 2.45) is 5.92 Å². The van der Waals surface area contributed by atoms with Gasteiger partial charge in [0, 0.05) is 54.8 Å². The third kappa shape index (κ3) is 3.73. The van der Waals surface area contributed by atoms with E-state index in [1.54, 1.807) is 12.4 Å². The van der Waals surface area contributed by atoms with Crippen molar-refractivity contribution in [3.63, 3.8) is 0 Å². The summed E-state index contributed by atoms with van der Waals surface area (Å²) in [5.41, 5.74) is 3.92. The van der Waals surface area contributed by atoms with Gasteiger partial charge in [-0.15, -0.1) is 0 Å². The molecule has 2 amide bonds. The Morgan fingerprint density at radius 2 is 2.10 bits per heavy atom. The van der Waals surface area contributed by atoms with Crippen LogP contribution in [-0.2, 0) is 0 Å². The maximum absolute atomic E-state index is 12.9. The molecule has 3 heterocycles. The van der Waals surface area contributed by atoms with E-state index in [1.807, 2.05) is 44.0 Å². The fourth-order valence-corrected chi connectivity index (χ4v) is 4.67.